The highest BCUT2D eigenvalue weighted by molar-refractivity contribution is 7.90. The molecule has 1 N–H and O–H groups in total. The third-order valence-corrected chi connectivity index (χ3v) is 3.45. The van der Waals surface area contributed by atoms with E-state index in [4.69, 9.17) is 16.3 Å². The summed E-state index contributed by atoms with van der Waals surface area (Å²) < 4.78 is 27.1. The second-order valence-electron chi connectivity index (χ2n) is 4.06. The normalized spacial score (nSPS) is 11.7. The van der Waals surface area contributed by atoms with Gasteiger partial charge >= 0.3 is 0 Å². The maximum absolute atomic E-state index is 10.9. The molecule has 1 aromatic carbocycles. The third-order valence-electron chi connectivity index (χ3n) is 2.25. The molecule has 0 aliphatic carbocycles. The van der Waals surface area contributed by atoms with Crippen LogP contribution in [0.4, 0.5) is 0 Å². The van der Waals surface area contributed by atoms with E-state index in [1.807, 2.05) is 24.3 Å². The molecule has 4 nitrogen and oxygen atoms in total. The predicted octanol–water partition coefficient (Wildman–Crippen LogP) is 1.49. The number of halogens is 1. The molecule has 0 aliphatic heterocycles. The zero-order valence-electron chi connectivity index (χ0n) is 10.4. The first-order valence-electron chi connectivity index (χ1n) is 5.68. The van der Waals surface area contributed by atoms with Crippen LogP contribution in [0.5, 0.6) is 0 Å². The molecule has 1 rings (SSSR count). The Kier molecular flexibility index (Phi) is 6.63. The molecule has 0 atom stereocenters. The van der Waals surface area contributed by atoms with Crippen molar-refractivity contribution < 1.29 is 13.2 Å². The Morgan fingerprint density at radius 3 is 2.50 bits per heavy atom. The average Bonchev–Trinajstić information content (AvgIpc) is 2.29. The van der Waals surface area contributed by atoms with Gasteiger partial charge in [-0.2, -0.15) is 0 Å². The van der Waals surface area contributed by atoms with Crippen LogP contribution >= 0.6 is 11.6 Å². The van der Waals surface area contributed by atoms with E-state index < -0.39 is 9.84 Å². The Morgan fingerprint density at radius 2 is 1.89 bits per heavy atom. The quantitative estimate of drug-likeness (QED) is 0.737. The zero-order valence-corrected chi connectivity index (χ0v) is 11.9. The number of ether oxygens (including phenoxy) is 1. The summed E-state index contributed by atoms with van der Waals surface area (Å²) in [6, 6.07) is 7.48. The summed E-state index contributed by atoms with van der Waals surface area (Å²) in [4.78, 5) is 0. The van der Waals surface area contributed by atoms with E-state index in [0.29, 0.717) is 31.3 Å². The van der Waals surface area contributed by atoms with E-state index >= 15 is 0 Å². The molecule has 6 heteroatoms. The van der Waals surface area contributed by atoms with Gasteiger partial charge in [-0.25, -0.2) is 8.42 Å². The number of hydrogen-bond donors (Lipinski definition) is 1. The van der Waals surface area contributed by atoms with Crippen LogP contribution in [0.25, 0.3) is 0 Å². The second kappa shape index (κ2) is 7.74. The maximum Gasteiger partial charge on any atom is 0.148 e. The summed E-state index contributed by atoms with van der Waals surface area (Å²) >= 11 is 5.77. The molecular formula is C12H18ClNO3S. The van der Waals surface area contributed by atoms with Gasteiger partial charge in [0.05, 0.1) is 19.0 Å². The van der Waals surface area contributed by atoms with Gasteiger partial charge in [-0.05, 0) is 17.7 Å². The minimum Gasteiger partial charge on any atom is -0.375 e. The number of sulfone groups is 1. The van der Waals surface area contributed by atoms with Crippen LogP contribution in [0.1, 0.15) is 5.56 Å². The van der Waals surface area contributed by atoms with Crippen LogP contribution in [0.3, 0.4) is 0 Å². The van der Waals surface area contributed by atoms with E-state index in [1.165, 1.54) is 6.26 Å². The first-order chi connectivity index (χ1) is 8.47. The van der Waals surface area contributed by atoms with E-state index in [1.54, 1.807) is 0 Å². The van der Waals surface area contributed by atoms with Crippen molar-refractivity contribution in [2.24, 2.45) is 0 Å². The number of nitrogens with one attached hydrogen (secondary N) is 1. The lowest BCUT2D eigenvalue weighted by molar-refractivity contribution is 0.123. The minimum atomic E-state index is -2.88. The van der Waals surface area contributed by atoms with Gasteiger partial charge in [0.1, 0.15) is 9.84 Å². The Hall–Kier alpha value is -0.620. The monoisotopic (exact) mass is 291 g/mol. The average molecular weight is 292 g/mol. The van der Waals surface area contributed by atoms with Crippen LogP contribution < -0.4 is 5.32 Å². The lowest BCUT2D eigenvalue weighted by Gasteiger charge is -2.06. The minimum absolute atomic E-state index is 0.157. The third kappa shape index (κ3) is 7.66. The van der Waals surface area contributed by atoms with E-state index in [9.17, 15) is 8.42 Å². The van der Waals surface area contributed by atoms with Crippen molar-refractivity contribution in [3.05, 3.63) is 34.9 Å². The number of benzene rings is 1. The molecule has 0 heterocycles. The summed E-state index contributed by atoms with van der Waals surface area (Å²) in [6.07, 6.45) is 1.23. The molecule has 18 heavy (non-hydrogen) atoms. The van der Waals surface area contributed by atoms with Crippen LogP contribution in [0.15, 0.2) is 24.3 Å². The van der Waals surface area contributed by atoms with E-state index in [0.717, 1.165) is 5.56 Å². The summed E-state index contributed by atoms with van der Waals surface area (Å²) in [6.45, 7) is 2.18. The van der Waals surface area contributed by atoms with E-state index in [2.05, 4.69) is 5.32 Å². The lowest BCUT2D eigenvalue weighted by atomic mass is 10.2. The molecule has 0 radical (unpaired) electrons. The van der Waals surface area contributed by atoms with Crippen LogP contribution in [0.2, 0.25) is 5.02 Å². The Bertz CT molecular complexity index is 445. The molecule has 0 bridgehead atoms. The molecular weight excluding hydrogens is 274 g/mol. The van der Waals surface area contributed by atoms with Crippen LogP contribution in [-0.2, 0) is 21.2 Å². The number of rotatable bonds is 8. The molecule has 0 aromatic heterocycles. The van der Waals surface area contributed by atoms with Gasteiger partial charge in [-0.1, -0.05) is 23.7 Å². The van der Waals surface area contributed by atoms with Crippen molar-refractivity contribution in [1.29, 1.82) is 0 Å². The summed E-state index contributed by atoms with van der Waals surface area (Å²) in [7, 11) is -2.88. The summed E-state index contributed by atoms with van der Waals surface area (Å²) in [5.74, 6) is 0.157. The fourth-order valence-corrected chi connectivity index (χ4v) is 1.94. The fraction of sp³-hybridized carbons (Fsp3) is 0.500. The van der Waals surface area contributed by atoms with Crippen LogP contribution in [0, 0.1) is 0 Å². The van der Waals surface area contributed by atoms with Crippen molar-refractivity contribution in [2.75, 3.05) is 31.7 Å². The Labute approximate surface area is 113 Å². The highest BCUT2D eigenvalue weighted by atomic mass is 35.5. The van der Waals surface area contributed by atoms with E-state index in [-0.39, 0.29) is 5.75 Å². The Balaban J connectivity index is 2.04. The second-order valence-corrected chi connectivity index (χ2v) is 6.76. The predicted molar refractivity (Wildman–Crippen MR) is 73.7 cm³/mol. The molecule has 0 aliphatic rings. The zero-order chi connectivity index (χ0) is 13.4. The maximum atomic E-state index is 10.9. The van der Waals surface area contributed by atoms with Gasteiger partial charge < -0.3 is 10.1 Å². The molecule has 102 valence electrons. The SMILES string of the molecule is CS(=O)(=O)CCNCCOCc1ccc(Cl)cc1. The van der Waals surface area contributed by atoms with Gasteiger partial charge in [0.25, 0.3) is 0 Å². The smallest absolute Gasteiger partial charge is 0.148 e. The van der Waals surface area contributed by atoms with Gasteiger partial charge in [0.2, 0.25) is 0 Å². The van der Waals surface area contributed by atoms with Gasteiger partial charge in [0, 0.05) is 24.4 Å². The molecule has 0 amide bonds. The summed E-state index contributed by atoms with van der Waals surface area (Å²) in [5.41, 5.74) is 1.07. The first kappa shape index (κ1) is 15.4. The van der Waals surface area contributed by atoms with Crippen molar-refractivity contribution >= 4 is 21.4 Å². The largest absolute Gasteiger partial charge is 0.375 e. The van der Waals surface area contributed by atoms with Gasteiger partial charge in [-0.3, -0.25) is 0 Å². The topological polar surface area (TPSA) is 55.4 Å². The molecule has 0 unspecified atom stereocenters. The molecule has 0 fully saturated rings. The van der Waals surface area contributed by atoms with Crippen molar-refractivity contribution in [2.45, 2.75) is 6.61 Å². The van der Waals surface area contributed by atoms with Crippen molar-refractivity contribution in [1.82, 2.24) is 5.32 Å². The molecule has 0 saturated heterocycles. The Morgan fingerprint density at radius 1 is 1.22 bits per heavy atom. The first-order valence-corrected chi connectivity index (χ1v) is 8.12. The van der Waals surface area contributed by atoms with Gasteiger partial charge in [-0.15, -0.1) is 0 Å². The standard InChI is InChI=1S/C12H18ClNO3S/c1-18(15,16)9-7-14-6-8-17-10-11-2-4-12(13)5-3-11/h2-5,14H,6-10H2,1H3. The molecule has 0 saturated carbocycles. The highest BCUT2D eigenvalue weighted by Gasteiger charge is 2.00. The fourth-order valence-electron chi connectivity index (χ4n) is 1.30. The van der Waals surface area contributed by atoms with Gasteiger partial charge in [0.15, 0.2) is 0 Å². The lowest BCUT2D eigenvalue weighted by Crippen LogP contribution is -2.25. The van der Waals surface area contributed by atoms with Crippen LogP contribution in [-0.4, -0.2) is 40.1 Å². The summed E-state index contributed by atoms with van der Waals surface area (Å²) in [5, 5.41) is 3.72. The van der Waals surface area contributed by atoms with Crippen molar-refractivity contribution in [3.8, 4) is 0 Å². The molecule has 0 spiro atoms. The molecule has 1 aromatic rings. The number of hydrogen-bond acceptors (Lipinski definition) is 4. The van der Waals surface area contributed by atoms with Crippen molar-refractivity contribution in [3.63, 3.8) is 0 Å². The highest BCUT2D eigenvalue weighted by Crippen LogP contribution is 2.09.